The molecule has 2 N–H and O–H groups in total. The third kappa shape index (κ3) is 8.91. The quantitative estimate of drug-likeness (QED) is 0.214. The SMILES string of the molecule is COc1cc(C=NNC(=O)C(CC(C)C)NC(=O)c2ccc(Cl)cc2)ccc1OCc1ccc(Br)cc1. The summed E-state index contributed by atoms with van der Waals surface area (Å²) in [6.45, 7) is 4.35. The predicted octanol–water partition coefficient (Wildman–Crippen LogP) is 5.98. The first-order chi connectivity index (χ1) is 17.7. The van der Waals surface area contributed by atoms with Crippen LogP contribution in [0.2, 0.25) is 5.02 Å². The highest BCUT2D eigenvalue weighted by Gasteiger charge is 2.22. The molecule has 7 nitrogen and oxygen atoms in total. The standard InChI is InChI=1S/C28H29BrClN3O4/c1-18(2)14-24(32-27(34)21-7-11-23(30)12-8-21)28(35)33-31-16-20-6-13-25(26(15-20)36-3)37-17-19-4-9-22(29)10-5-19/h4-13,15-16,18,24H,14,17H2,1-3H3,(H,32,34)(H,33,35). The van der Waals surface area contributed by atoms with Crippen LogP contribution in [0.3, 0.4) is 0 Å². The summed E-state index contributed by atoms with van der Waals surface area (Å²) in [6.07, 6.45) is 1.96. The third-order valence-electron chi connectivity index (χ3n) is 5.32. The van der Waals surface area contributed by atoms with E-state index in [9.17, 15) is 9.59 Å². The van der Waals surface area contributed by atoms with Crippen molar-refractivity contribution in [3.8, 4) is 11.5 Å². The first-order valence-corrected chi connectivity index (χ1v) is 12.9. The van der Waals surface area contributed by atoms with Gasteiger partial charge in [0.25, 0.3) is 11.8 Å². The lowest BCUT2D eigenvalue weighted by atomic mass is 10.0. The van der Waals surface area contributed by atoms with Gasteiger partial charge >= 0.3 is 0 Å². The molecule has 0 saturated heterocycles. The van der Waals surface area contributed by atoms with Crippen LogP contribution in [-0.2, 0) is 11.4 Å². The number of amides is 2. The molecule has 0 radical (unpaired) electrons. The Bertz CT molecular complexity index is 1230. The lowest BCUT2D eigenvalue weighted by molar-refractivity contribution is -0.123. The zero-order valence-electron chi connectivity index (χ0n) is 20.8. The van der Waals surface area contributed by atoms with Crippen LogP contribution in [0.15, 0.2) is 76.3 Å². The number of carbonyl (C=O) groups is 2. The maximum Gasteiger partial charge on any atom is 0.262 e. The maximum atomic E-state index is 12.8. The van der Waals surface area contributed by atoms with Gasteiger partial charge in [0.05, 0.1) is 13.3 Å². The van der Waals surface area contributed by atoms with E-state index >= 15 is 0 Å². The van der Waals surface area contributed by atoms with E-state index in [1.165, 1.54) is 6.21 Å². The molecule has 3 aromatic carbocycles. The Kier molecular flexibility index (Phi) is 10.5. The molecule has 0 aromatic heterocycles. The minimum Gasteiger partial charge on any atom is -0.493 e. The first kappa shape index (κ1) is 28.2. The molecular formula is C28H29BrClN3O4. The van der Waals surface area contributed by atoms with Crippen molar-refractivity contribution in [1.82, 2.24) is 10.7 Å². The molecule has 1 unspecified atom stereocenters. The van der Waals surface area contributed by atoms with Crippen molar-refractivity contribution >= 4 is 45.6 Å². The van der Waals surface area contributed by atoms with Crippen molar-refractivity contribution in [2.75, 3.05) is 7.11 Å². The van der Waals surface area contributed by atoms with Gasteiger partial charge in [-0.3, -0.25) is 9.59 Å². The number of nitrogens with one attached hydrogen (secondary N) is 2. The van der Waals surface area contributed by atoms with Crippen LogP contribution < -0.4 is 20.2 Å². The molecule has 2 amide bonds. The van der Waals surface area contributed by atoms with E-state index in [0.29, 0.717) is 40.7 Å². The molecule has 37 heavy (non-hydrogen) atoms. The summed E-state index contributed by atoms with van der Waals surface area (Å²) in [6, 6.07) is 19.0. The summed E-state index contributed by atoms with van der Waals surface area (Å²) in [5.74, 6) is 0.548. The first-order valence-electron chi connectivity index (χ1n) is 11.7. The number of hydrogen-bond donors (Lipinski definition) is 2. The number of carbonyl (C=O) groups excluding carboxylic acids is 2. The molecule has 0 aliphatic carbocycles. The topological polar surface area (TPSA) is 89.0 Å². The van der Waals surface area contributed by atoms with Crippen molar-refractivity contribution in [3.63, 3.8) is 0 Å². The molecule has 3 rings (SSSR count). The number of ether oxygens (including phenoxy) is 2. The Balaban J connectivity index is 1.61. The lowest BCUT2D eigenvalue weighted by Gasteiger charge is -2.19. The van der Waals surface area contributed by atoms with Crippen LogP contribution in [0.4, 0.5) is 0 Å². The predicted molar refractivity (Wildman–Crippen MR) is 149 cm³/mol. The van der Waals surface area contributed by atoms with Gasteiger partial charge in [-0.2, -0.15) is 5.10 Å². The number of rotatable bonds is 11. The van der Waals surface area contributed by atoms with Crippen molar-refractivity contribution < 1.29 is 19.1 Å². The normalized spacial score (nSPS) is 11.8. The largest absolute Gasteiger partial charge is 0.493 e. The number of nitrogens with zero attached hydrogens (tertiary/aromatic N) is 1. The van der Waals surface area contributed by atoms with Gasteiger partial charge in [0.2, 0.25) is 0 Å². The number of hydrazone groups is 1. The van der Waals surface area contributed by atoms with E-state index in [4.69, 9.17) is 21.1 Å². The fourth-order valence-corrected chi connectivity index (χ4v) is 3.81. The summed E-state index contributed by atoms with van der Waals surface area (Å²) in [5, 5.41) is 7.39. The van der Waals surface area contributed by atoms with Gasteiger partial charge in [-0.25, -0.2) is 5.43 Å². The molecule has 0 aliphatic heterocycles. The molecule has 0 bridgehead atoms. The zero-order valence-corrected chi connectivity index (χ0v) is 23.2. The molecule has 0 fully saturated rings. The smallest absolute Gasteiger partial charge is 0.262 e. The summed E-state index contributed by atoms with van der Waals surface area (Å²) in [4.78, 5) is 25.4. The van der Waals surface area contributed by atoms with Gasteiger partial charge in [-0.1, -0.05) is 53.5 Å². The van der Waals surface area contributed by atoms with Crippen LogP contribution in [0.25, 0.3) is 0 Å². The Hall–Kier alpha value is -3.36. The van der Waals surface area contributed by atoms with Gasteiger partial charge < -0.3 is 14.8 Å². The molecule has 1 atom stereocenters. The van der Waals surface area contributed by atoms with Crippen LogP contribution in [0.1, 0.15) is 41.8 Å². The van der Waals surface area contributed by atoms with E-state index in [2.05, 4.69) is 31.8 Å². The lowest BCUT2D eigenvalue weighted by Crippen LogP contribution is -2.46. The summed E-state index contributed by atoms with van der Waals surface area (Å²) in [7, 11) is 1.56. The zero-order chi connectivity index (χ0) is 26.8. The van der Waals surface area contributed by atoms with Gasteiger partial charge in [0, 0.05) is 15.1 Å². The van der Waals surface area contributed by atoms with Crippen molar-refractivity contribution in [2.45, 2.75) is 32.9 Å². The summed E-state index contributed by atoms with van der Waals surface area (Å²) in [5.41, 5.74) is 4.68. The number of hydrogen-bond acceptors (Lipinski definition) is 5. The Labute approximate surface area is 230 Å². The highest BCUT2D eigenvalue weighted by Crippen LogP contribution is 2.28. The molecule has 0 spiro atoms. The number of benzene rings is 3. The van der Waals surface area contributed by atoms with E-state index < -0.39 is 11.9 Å². The molecule has 0 aliphatic rings. The average Bonchev–Trinajstić information content (AvgIpc) is 2.88. The number of halogens is 2. The number of methoxy groups -OCH3 is 1. The monoisotopic (exact) mass is 585 g/mol. The van der Waals surface area contributed by atoms with E-state index in [1.54, 1.807) is 43.5 Å². The van der Waals surface area contributed by atoms with Crippen LogP contribution in [0, 0.1) is 5.92 Å². The van der Waals surface area contributed by atoms with Crippen LogP contribution in [0.5, 0.6) is 11.5 Å². The van der Waals surface area contributed by atoms with Crippen LogP contribution in [-0.4, -0.2) is 31.2 Å². The highest BCUT2D eigenvalue weighted by molar-refractivity contribution is 9.10. The molecular weight excluding hydrogens is 558 g/mol. The second-order valence-electron chi connectivity index (χ2n) is 8.72. The molecule has 3 aromatic rings. The maximum absolute atomic E-state index is 12.8. The van der Waals surface area contributed by atoms with Crippen molar-refractivity contribution in [2.24, 2.45) is 11.0 Å². The second kappa shape index (κ2) is 13.8. The molecule has 0 saturated carbocycles. The van der Waals surface area contributed by atoms with E-state index in [-0.39, 0.29) is 11.8 Å². The second-order valence-corrected chi connectivity index (χ2v) is 10.1. The average molecular weight is 587 g/mol. The Morgan fingerprint density at radius 3 is 2.38 bits per heavy atom. The van der Waals surface area contributed by atoms with Gasteiger partial charge in [0.1, 0.15) is 12.6 Å². The molecule has 0 heterocycles. The third-order valence-corrected chi connectivity index (χ3v) is 6.10. The van der Waals surface area contributed by atoms with Gasteiger partial charge in [-0.15, -0.1) is 0 Å². The van der Waals surface area contributed by atoms with Crippen molar-refractivity contribution in [3.05, 3.63) is 92.9 Å². The minimum absolute atomic E-state index is 0.180. The molecule has 194 valence electrons. The fraction of sp³-hybridized carbons (Fsp3) is 0.250. The van der Waals surface area contributed by atoms with Crippen molar-refractivity contribution in [1.29, 1.82) is 0 Å². The van der Waals surface area contributed by atoms with E-state index in [1.807, 2.05) is 44.2 Å². The van der Waals surface area contributed by atoms with Gasteiger partial charge in [0.15, 0.2) is 11.5 Å². The highest BCUT2D eigenvalue weighted by atomic mass is 79.9. The minimum atomic E-state index is -0.746. The summed E-state index contributed by atoms with van der Waals surface area (Å²) >= 11 is 9.31. The Morgan fingerprint density at radius 1 is 1.03 bits per heavy atom. The van der Waals surface area contributed by atoms with Gasteiger partial charge in [-0.05, 0) is 78.1 Å². The van der Waals surface area contributed by atoms with E-state index in [0.717, 1.165) is 10.0 Å². The Morgan fingerprint density at radius 2 is 1.73 bits per heavy atom. The fourth-order valence-electron chi connectivity index (χ4n) is 3.42. The summed E-state index contributed by atoms with van der Waals surface area (Å²) < 4.78 is 12.4. The molecule has 9 heteroatoms. The van der Waals surface area contributed by atoms with Crippen LogP contribution >= 0.6 is 27.5 Å².